The van der Waals surface area contributed by atoms with Crippen LogP contribution in [0.3, 0.4) is 0 Å². The summed E-state index contributed by atoms with van der Waals surface area (Å²) in [5.41, 5.74) is 1.14. The predicted octanol–water partition coefficient (Wildman–Crippen LogP) is -0.556. The number of benzene rings is 1. The molecule has 0 spiro atoms. The zero-order valence-corrected chi connectivity index (χ0v) is 12.1. The standard InChI is InChI=1S/C16H20N2O3/c19-15-10-14(13-4-2-1-3-5-13)11-18(15)16(20)12-17-6-8-21-9-7-17/h1-5,14H,6-12H2/p+1. The third-order valence-electron chi connectivity index (χ3n) is 4.30. The first-order chi connectivity index (χ1) is 10.2. The van der Waals surface area contributed by atoms with E-state index >= 15 is 0 Å². The summed E-state index contributed by atoms with van der Waals surface area (Å²) in [4.78, 5) is 27.1. The molecule has 1 unspecified atom stereocenters. The van der Waals surface area contributed by atoms with E-state index in [2.05, 4.69) is 0 Å². The van der Waals surface area contributed by atoms with Crippen LogP contribution in [0.25, 0.3) is 0 Å². The third kappa shape index (κ3) is 3.31. The van der Waals surface area contributed by atoms with E-state index in [9.17, 15) is 9.59 Å². The molecule has 5 nitrogen and oxygen atoms in total. The Morgan fingerprint density at radius 1 is 1.24 bits per heavy atom. The second-order valence-electron chi connectivity index (χ2n) is 5.75. The number of quaternary nitrogens is 1. The van der Waals surface area contributed by atoms with Crippen molar-refractivity contribution >= 4 is 11.8 Å². The van der Waals surface area contributed by atoms with Crippen molar-refractivity contribution in [3.05, 3.63) is 35.9 Å². The van der Waals surface area contributed by atoms with Gasteiger partial charge in [0.05, 0.1) is 13.2 Å². The van der Waals surface area contributed by atoms with Crippen LogP contribution in [-0.4, -0.2) is 56.1 Å². The molecular weight excluding hydrogens is 268 g/mol. The van der Waals surface area contributed by atoms with Crippen LogP contribution < -0.4 is 4.90 Å². The van der Waals surface area contributed by atoms with Crippen LogP contribution in [0, 0.1) is 0 Å². The number of imide groups is 1. The molecule has 2 amide bonds. The molecule has 2 aliphatic heterocycles. The Hall–Kier alpha value is -1.72. The van der Waals surface area contributed by atoms with Crippen molar-refractivity contribution in [2.45, 2.75) is 12.3 Å². The molecule has 0 saturated carbocycles. The summed E-state index contributed by atoms with van der Waals surface area (Å²) in [6.07, 6.45) is 0.439. The Morgan fingerprint density at radius 2 is 1.95 bits per heavy atom. The molecule has 21 heavy (non-hydrogen) atoms. The summed E-state index contributed by atoms with van der Waals surface area (Å²) in [7, 11) is 0. The molecule has 0 aromatic heterocycles. The molecule has 2 heterocycles. The van der Waals surface area contributed by atoms with E-state index in [1.54, 1.807) is 0 Å². The molecular formula is C16H21N2O3+. The van der Waals surface area contributed by atoms with E-state index in [0.717, 1.165) is 18.7 Å². The quantitative estimate of drug-likeness (QED) is 0.812. The van der Waals surface area contributed by atoms with Crippen molar-refractivity contribution in [1.82, 2.24) is 4.90 Å². The van der Waals surface area contributed by atoms with Gasteiger partial charge in [0.25, 0.3) is 5.91 Å². The molecule has 1 aromatic carbocycles. The van der Waals surface area contributed by atoms with Crippen LogP contribution in [0.4, 0.5) is 0 Å². The van der Waals surface area contributed by atoms with E-state index < -0.39 is 0 Å². The van der Waals surface area contributed by atoms with E-state index in [1.807, 2.05) is 30.3 Å². The van der Waals surface area contributed by atoms with Crippen molar-refractivity contribution in [1.29, 1.82) is 0 Å². The third-order valence-corrected chi connectivity index (χ3v) is 4.30. The molecule has 112 valence electrons. The molecule has 1 atom stereocenters. The summed E-state index contributed by atoms with van der Waals surface area (Å²) in [5, 5.41) is 0. The Balaban J connectivity index is 1.60. The van der Waals surface area contributed by atoms with E-state index in [-0.39, 0.29) is 17.7 Å². The minimum atomic E-state index is -0.0460. The molecule has 3 rings (SSSR count). The molecule has 0 radical (unpaired) electrons. The lowest BCUT2D eigenvalue weighted by molar-refractivity contribution is -0.900. The molecule has 2 saturated heterocycles. The van der Waals surface area contributed by atoms with E-state index in [0.29, 0.717) is 32.7 Å². The number of morpholine rings is 1. The SMILES string of the molecule is O=C1CC(c2ccccc2)CN1C(=O)C[NH+]1CCOCC1. The predicted molar refractivity (Wildman–Crippen MR) is 76.9 cm³/mol. The summed E-state index contributed by atoms with van der Waals surface area (Å²) in [5.74, 6) is 0.0548. The van der Waals surface area contributed by atoms with Crippen molar-refractivity contribution in [3.8, 4) is 0 Å². The molecule has 0 bridgehead atoms. The van der Waals surface area contributed by atoms with Crippen molar-refractivity contribution in [2.75, 3.05) is 39.4 Å². The van der Waals surface area contributed by atoms with Crippen LogP contribution in [-0.2, 0) is 14.3 Å². The van der Waals surface area contributed by atoms with Gasteiger partial charge in [0.15, 0.2) is 6.54 Å². The molecule has 1 N–H and O–H groups in total. The molecule has 5 heteroatoms. The first-order valence-electron chi connectivity index (χ1n) is 7.53. The average molecular weight is 289 g/mol. The largest absolute Gasteiger partial charge is 0.370 e. The fourth-order valence-corrected chi connectivity index (χ4v) is 3.04. The smallest absolute Gasteiger partial charge is 0.284 e. The van der Waals surface area contributed by atoms with Crippen molar-refractivity contribution < 1.29 is 19.2 Å². The minimum Gasteiger partial charge on any atom is -0.370 e. The lowest BCUT2D eigenvalue weighted by Gasteiger charge is -2.24. The zero-order valence-electron chi connectivity index (χ0n) is 12.1. The van der Waals surface area contributed by atoms with Gasteiger partial charge in [-0.25, -0.2) is 0 Å². The number of carbonyl (C=O) groups is 2. The highest BCUT2D eigenvalue weighted by atomic mass is 16.5. The first kappa shape index (κ1) is 14.2. The second-order valence-corrected chi connectivity index (χ2v) is 5.75. The number of nitrogens with zero attached hydrogens (tertiary/aromatic N) is 1. The highest BCUT2D eigenvalue weighted by Crippen LogP contribution is 2.27. The number of likely N-dealkylation sites (tertiary alicyclic amines) is 1. The van der Waals surface area contributed by atoms with Gasteiger partial charge in [-0.1, -0.05) is 30.3 Å². The van der Waals surface area contributed by atoms with Crippen molar-refractivity contribution in [3.63, 3.8) is 0 Å². The van der Waals surface area contributed by atoms with Gasteiger partial charge in [-0.05, 0) is 5.56 Å². The summed E-state index contributed by atoms with van der Waals surface area (Å²) in [6.45, 7) is 4.00. The Morgan fingerprint density at radius 3 is 2.67 bits per heavy atom. The van der Waals surface area contributed by atoms with Gasteiger partial charge >= 0.3 is 0 Å². The molecule has 2 aliphatic rings. The fourth-order valence-electron chi connectivity index (χ4n) is 3.04. The molecule has 1 aromatic rings. The number of nitrogens with one attached hydrogen (secondary N) is 1. The van der Waals surface area contributed by atoms with Gasteiger partial charge in [-0.2, -0.15) is 0 Å². The summed E-state index contributed by atoms with van der Waals surface area (Å²) >= 11 is 0. The lowest BCUT2D eigenvalue weighted by Crippen LogP contribution is -3.15. The number of hydrogen-bond acceptors (Lipinski definition) is 3. The van der Waals surface area contributed by atoms with Gasteiger partial charge in [0.1, 0.15) is 13.1 Å². The zero-order chi connectivity index (χ0) is 14.7. The summed E-state index contributed by atoms with van der Waals surface area (Å²) < 4.78 is 5.29. The average Bonchev–Trinajstić information content (AvgIpc) is 2.91. The Kier molecular flexibility index (Phi) is 4.31. The van der Waals surface area contributed by atoms with Gasteiger partial charge < -0.3 is 9.64 Å². The van der Waals surface area contributed by atoms with Gasteiger partial charge in [-0.15, -0.1) is 0 Å². The summed E-state index contributed by atoms with van der Waals surface area (Å²) in [6, 6.07) is 9.97. The van der Waals surface area contributed by atoms with Crippen LogP contribution in [0.15, 0.2) is 30.3 Å². The van der Waals surface area contributed by atoms with Crippen LogP contribution in [0.5, 0.6) is 0 Å². The lowest BCUT2D eigenvalue weighted by atomic mass is 9.99. The second kappa shape index (κ2) is 6.37. The van der Waals surface area contributed by atoms with Crippen LogP contribution in [0.2, 0.25) is 0 Å². The number of amides is 2. The Labute approximate surface area is 124 Å². The number of hydrogen-bond donors (Lipinski definition) is 1. The first-order valence-corrected chi connectivity index (χ1v) is 7.53. The number of ether oxygens (including phenoxy) is 1. The van der Waals surface area contributed by atoms with Gasteiger partial charge in [0, 0.05) is 18.9 Å². The van der Waals surface area contributed by atoms with Crippen LogP contribution in [0.1, 0.15) is 17.9 Å². The maximum atomic E-state index is 12.3. The maximum absolute atomic E-state index is 12.3. The van der Waals surface area contributed by atoms with Crippen molar-refractivity contribution in [2.24, 2.45) is 0 Å². The monoisotopic (exact) mass is 289 g/mol. The topological polar surface area (TPSA) is 51.0 Å². The normalized spacial score (nSPS) is 23.5. The van der Waals surface area contributed by atoms with Crippen LogP contribution >= 0.6 is 0 Å². The molecule has 2 fully saturated rings. The highest BCUT2D eigenvalue weighted by molar-refractivity contribution is 5.97. The maximum Gasteiger partial charge on any atom is 0.284 e. The van der Waals surface area contributed by atoms with E-state index in [1.165, 1.54) is 9.80 Å². The van der Waals surface area contributed by atoms with Gasteiger partial charge in [0.2, 0.25) is 5.91 Å². The minimum absolute atomic E-state index is 0.0403. The fraction of sp³-hybridized carbons (Fsp3) is 0.500. The Bertz CT molecular complexity index is 512. The molecule has 0 aliphatic carbocycles. The number of rotatable bonds is 3. The highest BCUT2D eigenvalue weighted by Gasteiger charge is 2.36. The van der Waals surface area contributed by atoms with E-state index in [4.69, 9.17) is 4.74 Å². The van der Waals surface area contributed by atoms with Gasteiger partial charge in [-0.3, -0.25) is 14.5 Å². The number of carbonyl (C=O) groups excluding carboxylic acids is 2.